The third-order valence-electron chi connectivity index (χ3n) is 2.04. The highest BCUT2D eigenvalue weighted by atomic mass is 16.2. The Morgan fingerprint density at radius 3 is 2.54 bits per heavy atom. The molecule has 0 atom stereocenters. The molecular weight excluding hydrogens is 160 g/mol. The van der Waals surface area contributed by atoms with Gasteiger partial charge in [0.1, 0.15) is 0 Å². The summed E-state index contributed by atoms with van der Waals surface area (Å²) in [6.45, 7) is 7.65. The zero-order valence-corrected chi connectivity index (χ0v) is 7.66. The Kier molecular flexibility index (Phi) is 3.47. The second-order valence-corrected chi connectivity index (χ2v) is 2.80. The van der Waals surface area contributed by atoms with Gasteiger partial charge in [-0.3, -0.25) is 0 Å². The van der Waals surface area contributed by atoms with Gasteiger partial charge in [-0.2, -0.15) is 0 Å². The molecule has 1 rings (SSSR count). The molecular formula is C12H14O. The van der Waals surface area contributed by atoms with Crippen LogP contribution >= 0.6 is 0 Å². The zero-order chi connectivity index (χ0) is 9.68. The Morgan fingerprint density at radius 1 is 1.23 bits per heavy atom. The first kappa shape index (κ1) is 9.75. The van der Waals surface area contributed by atoms with Gasteiger partial charge in [0.05, 0.1) is 0 Å². The van der Waals surface area contributed by atoms with Crippen molar-refractivity contribution in [2.45, 2.75) is 6.42 Å². The third kappa shape index (κ3) is 2.07. The predicted molar refractivity (Wildman–Crippen MR) is 57.4 cm³/mol. The summed E-state index contributed by atoms with van der Waals surface area (Å²) >= 11 is 0. The fraction of sp³-hybridized carbons (Fsp3) is 0.167. The summed E-state index contributed by atoms with van der Waals surface area (Å²) in [5.74, 6) is 0. The van der Waals surface area contributed by atoms with Gasteiger partial charge in [-0.15, -0.1) is 0 Å². The monoisotopic (exact) mass is 174 g/mol. The van der Waals surface area contributed by atoms with E-state index in [-0.39, 0.29) is 6.61 Å². The first-order valence-electron chi connectivity index (χ1n) is 4.31. The second-order valence-electron chi connectivity index (χ2n) is 2.80. The third-order valence-corrected chi connectivity index (χ3v) is 2.04. The van der Waals surface area contributed by atoms with E-state index in [0.29, 0.717) is 6.42 Å². The summed E-state index contributed by atoms with van der Waals surface area (Å²) < 4.78 is 0. The summed E-state index contributed by atoms with van der Waals surface area (Å²) in [6, 6.07) is 5.96. The highest BCUT2D eigenvalue weighted by Crippen LogP contribution is 2.17. The lowest BCUT2D eigenvalue weighted by molar-refractivity contribution is 0.299. The summed E-state index contributed by atoms with van der Waals surface area (Å²) in [6.07, 6.45) is 4.28. The van der Waals surface area contributed by atoms with Crippen molar-refractivity contribution < 1.29 is 5.11 Å². The molecule has 0 aromatic heterocycles. The van der Waals surface area contributed by atoms with Crippen molar-refractivity contribution in [1.29, 1.82) is 0 Å². The molecule has 1 nitrogen and oxygen atoms in total. The second kappa shape index (κ2) is 4.63. The van der Waals surface area contributed by atoms with E-state index in [1.807, 2.05) is 24.3 Å². The van der Waals surface area contributed by atoms with Crippen LogP contribution in [0.15, 0.2) is 31.4 Å². The summed E-state index contributed by atoms with van der Waals surface area (Å²) in [7, 11) is 0. The van der Waals surface area contributed by atoms with Crippen LogP contribution in [-0.4, -0.2) is 11.7 Å². The molecule has 0 fully saturated rings. The predicted octanol–water partition coefficient (Wildman–Crippen LogP) is 2.51. The summed E-state index contributed by atoms with van der Waals surface area (Å²) in [5.41, 5.74) is 3.27. The van der Waals surface area contributed by atoms with Crippen molar-refractivity contribution in [1.82, 2.24) is 0 Å². The molecule has 0 aliphatic heterocycles. The van der Waals surface area contributed by atoms with Crippen LogP contribution in [0.1, 0.15) is 16.7 Å². The molecule has 0 saturated carbocycles. The Balaban J connectivity index is 3.18. The molecule has 13 heavy (non-hydrogen) atoms. The van der Waals surface area contributed by atoms with Crippen molar-refractivity contribution in [3.8, 4) is 0 Å². The van der Waals surface area contributed by atoms with Gasteiger partial charge < -0.3 is 5.11 Å². The molecule has 0 bridgehead atoms. The van der Waals surface area contributed by atoms with Crippen LogP contribution in [0, 0.1) is 0 Å². The lowest BCUT2D eigenvalue weighted by Crippen LogP contribution is -1.95. The highest BCUT2D eigenvalue weighted by molar-refractivity contribution is 5.66. The maximum absolute atomic E-state index is 8.84. The molecule has 1 heteroatoms. The summed E-state index contributed by atoms with van der Waals surface area (Å²) in [4.78, 5) is 0. The Labute approximate surface area is 79.0 Å². The fourth-order valence-corrected chi connectivity index (χ4v) is 1.40. The average molecular weight is 174 g/mol. The Bertz CT molecular complexity index is 313. The minimum absolute atomic E-state index is 0.168. The van der Waals surface area contributed by atoms with Gasteiger partial charge in [0.2, 0.25) is 0 Å². The van der Waals surface area contributed by atoms with E-state index < -0.39 is 0 Å². The minimum atomic E-state index is 0.168. The van der Waals surface area contributed by atoms with Crippen LogP contribution in [0.4, 0.5) is 0 Å². The van der Waals surface area contributed by atoms with E-state index in [2.05, 4.69) is 13.2 Å². The van der Waals surface area contributed by atoms with Gasteiger partial charge in [-0.25, -0.2) is 0 Å². The topological polar surface area (TPSA) is 20.2 Å². The number of aliphatic hydroxyl groups is 1. The molecule has 0 aliphatic rings. The van der Waals surface area contributed by atoms with Crippen LogP contribution in [-0.2, 0) is 6.42 Å². The molecule has 0 radical (unpaired) electrons. The fourth-order valence-electron chi connectivity index (χ4n) is 1.40. The van der Waals surface area contributed by atoms with E-state index in [4.69, 9.17) is 5.11 Å². The minimum Gasteiger partial charge on any atom is -0.396 e. The van der Waals surface area contributed by atoms with Gasteiger partial charge >= 0.3 is 0 Å². The van der Waals surface area contributed by atoms with Crippen LogP contribution < -0.4 is 0 Å². The average Bonchev–Trinajstić information content (AvgIpc) is 2.18. The van der Waals surface area contributed by atoms with Crippen molar-refractivity contribution in [2.75, 3.05) is 6.61 Å². The van der Waals surface area contributed by atoms with E-state index in [1.165, 1.54) is 0 Å². The van der Waals surface area contributed by atoms with Gasteiger partial charge in [0, 0.05) is 6.61 Å². The van der Waals surface area contributed by atoms with Crippen molar-refractivity contribution in [3.63, 3.8) is 0 Å². The van der Waals surface area contributed by atoms with E-state index in [1.54, 1.807) is 6.08 Å². The highest BCUT2D eigenvalue weighted by Gasteiger charge is 2.01. The van der Waals surface area contributed by atoms with Gasteiger partial charge in [0.15, 0.2) is 0 Å². The largest absolute Gasteiger partial charge is 0.396 e. The summed E-state index contributed by atoms with van der Waals surface area (Å²) in [5, 5.41) is 8.84. The normalized spacial score (nSPS) is 9.62. The van der Waals surface area contributed by atoms with Crippen LogP contribution in [0.5, 0.6) is 0 Å². The Hall–Kier alpha value is -1.34. The number of rotatable bonds is 4. The lowest BCUT2D eigenvalue weighted by Gasteiger charge is -2.07. The van der Waals surface area contributed by atoms with Gasteiger partial charge in [-0.05, 0) is 23.1 Å². The molecule has 68 valence electrons. The Morgan fingerprint density at radius 2 is 2.00 bits per heavy atom. The molecule has 0 heterocycles. The smallest absolute Gasteiger partial charge is 0.0471 e. The number of hydrogen-bond acceptors (Lipinski definition) is 1. The molecule has 1 N–H and O–H groups in total. The maximum Gasteiger partial charge on any atom is 0.0471 e. The van der Waals surface area contributed by atoms with Crippen LogP contribution in [0.2, 0.25) is 0 Å². The number of hydrogen-bond donors (Lipinski definition) is 1. The van der Waals surface area contributed by atoms with Crippen LogP contribution in [0.25, 0.3) is 12.2 Å². The molecule has 1 aromatic rings. The van der Waals surface area contributed by atoms with Crippen molar-refractivity contribution >= 4 is 12.2 Å². The number of benzene rings is 1. The van der Waals surface area contributed by atoms with Gasteiger partial charge in [0.25, 0.3) is 0 Å². The SMILES string of the molecule is C=Cc1cccc(CCO)c1C=C. The van der Waals surface area contributed by atoms with Gasteiger partial charge in [-0.1, -0.05) is 43.5 Å². The maximum atomic E-state index is 8.84. The zero-order valence-electron chi connectivity index (χ0n) is 7.66. The van der Waals surface area contributed by atoms with E-state index in [0.717, 1.165) is 16.7 Å². The quantitative estimate of drug-likeness (QED) is 0.743. The van der Waals surface area contributed by atoms with Crippen molar-refractivity contribution in [2.24, 2.45) is 0 Å². The lowest BCUT2D eigenvalue weighted by atomic mass is 9.99. The van der Waals surface area contributed by atoms with Crippen LogP contribution in [0.3, 0.4) is 0 Å². The molecule has 0 unspecified atom stereocenters. The van der Waals surface area contributed by atoms with E-state index >= 15 is 0 Å². The van der Waals surface area contributed by atoms with Crippen molar-refractivity contribution in [3.05, 3.63) is 48.0 Å². The first-order valence-corrected chi connectivity index (χ1v) is 4.31. The molecule has 0 spiro atoms. The molecule has 0 aliphatic carbocycles. The molecule has 0 amide bonds. The molecule has 1 aromatic carbocycles. The van der Waals surface area contributed by atoms with E-state index in [9.17, 15) is 0 Å². The standard InChI is InChI=1S/C12H14O/c1-3-10-6-5-7-11(8-9-13)12(10)4-2/h3-7,13H,1-2,8-9H2. The first-order chi connectivity index (χ1) is 6.33. The molecule has 0 saturated heterocycles. The number of aliphatic hydroxyl groups excluding tert-OH is 1.